The molecule has 0 nitrogen and oxygen atoms in total. The highest BCUT2D eigenvalue weighted by atomic mass is 32.2. The largest absolute Gasteiger partial charge is 0.150 e. The van der Waals surface area contributed by atoms with Gasteiger partial charge in [-0.25, -0.2) is 0 Å². The van der Waals surface area contributed by atoms with Crippen molar-refractivity contribution in [2.75, 3.05) is 0 Å². The summed E-state index contributed by atoms with van der Waals surface area (Å²) in [6.07, 6.45) is 4.58. The lowest BCUT2D eigenvalue weighted by Gasteiger charge is -2.43. The Bertz CT molecular complexity index is 257. The van der Waals surface area contributed by atoms with E-state index in [4.69, 9.17) is 15.7 Å². The van der Waals surface area contributed by atoms with E-state index in [1.54, 1.807) is 0 Å². The summed E-state index contributed by atoms with van der Waals surface area (Å²) in [5, 5.41) is 0. The molecule has 0 rings (SSSR count). The highest BCUT2D eigenvalue weighted by Crippen LogP contribution is 2.49. The van der Waals surface area contributed by atoms with Crippen molar-refractivity contribution in [1.82, 2.24) is 0 Å². The van der Waals surface area contributed by atoms with E-state index >= 15 is 0 Å². The molecule has 0 fully saturated rings. The molecule has 2 unspecified atom stereocenters. The van der Waals surface area contributed by atoms with E-state index in [9.17, 15) is 0 Å². The first-order valence-corrected chi connectivity index (χ1v) is 9.41. The predicted octanol–water partition coefficient (Wildman–Crippen LogP) is 6.06. The second-order valence-corrected chi connectivity index (χ2v) is 10.8. The zero-order valence-corrected chi connectivity index (χ0v) is 16.5. The summed E-state index contributed by atoms with van der Waals surface area (Å²) >= 11 is 1.97. The maximum absolute atomic E-state index is 6.47. The van der Waals surface area contributed by atoms with Crippen LogP contribution in [-0.4, -0.2) is 25.2 Å². The van der Waals surface area contributed by atoms with Crippen molar-refractivity contribution >= 4 is 27.5 Å². The Morgan fingerprint density at radius 1 is 0.667 bits per heavy atom. The summed E-state index contributed by atoms with van der Waals surface area (Å²) in [5.74, 6) is 1.89. The third-order valence-corrected chi connectivity index (χ3v) is 6.08. The summed E-state index contributed by atoms with van der Waals surface area (Å²) in [7, 11) is 12.9. The Labute approximate surface area is 141 Å². The second-order valence-electron chi connectivity index (χ2n) is 8.46. The van der Waals surface area contributed by atoms with E-state index in [1.807, 2.05) is 11.8 Å². The van der Waals surface area contributed by atoms with Crippen molar-refractivity contribution in [3.8, 4) is 0 Å². The van der Waals surface area contributed by atoms with Crippen molar-refractivity contribution < 1.29 is 0 Å². The molecule has 0 aromatic rings. The van der Waals surface area contributed by atoms with Crippen LogP contribution in [0, 0.1) is 11.8 Å². The number of rotatable bonds is 10. The standard InChI is InChI=1S/C18H36B2S/c1-13(2)9-11-15(19)17(5,6)21-18(7,8)16(20)12-10-14(3)4/h13-16H,9-12H2,1-8H3. The van der Waals surface area contributed by atoms with Gasteiger partial charge in [-0.05, 0) is 11.8 Å². The summed E-state index contributed by atoms with van der Waals surface area (Å²) < 4.78 is 0.127. The van der Waals surface area contributed by atoms with Crippen LogP contribution < -0.4 is 0 Å². The van der Waals surface area contributed by atoms with Crippen LogP contribution >= 0.6 is 11.8 Å². The molecule has 0 saturated carbocycles. The third kappa shape index (κ3) is 8.62. The molecule has 0 bridgehead atoms. The molecule has 0 spiro atoms. The molecule has 4 radical (unpaired) electrons. The molecular formula is C18H36B2S. The lowest BCUT2D eigenvalue weighted by Crippen LogP contribution is -2.34. The van der Waals surface area contributed by atoms with Gasteiger partial charge in [0.25, 0.3) is 0 Å². The normalized spacial score (nSPS) is 16.5. The zero-order valence-electron chi connectivity index (χ0n) is 15.7. The molecule has 0 aliphatic rings. The molecule has 0 saturated heterocycles. The van der Waals surface area contributed by atoms with E-state index in [0.717, 1.165) is 24.7 Å². The molecule has 0 aliphatic carbocycles. The van der Waals surface area contributed by atoms with E-state index in [1.165, 1.54) is 12.8 Å². The van der Waals surface area contributed by atoms with Gasteiger partial charge in [0.05, 0.1) is 15.7 Å². The minimum absolute atomic E-state index is 0.0633. The fourth-order valence-electron chi connectivity index (χ4n) is 2.55. The quantitative estimate of drug-likeness (QED) is 0.442. The van der Waals surface area contributed by atoms with Crippen molar-refractivity contribution in [3.63, 3.8) is 0 Å². The van der Waals surface area contributed by atoms with Crippen molar-refractivity contribution in [2.24, 2.45) is 11.8 Å². The summed E-state index contributed by atoms with van der Waals surface area (Å²) in [4.78, 5) is 0. The third-order valence-electron chi connectivity index (χ3n) is 4.42. The molecule has 0 N–H and O–H groups in total. The van der Waals surface area contributed by atoms with Gasteiger partial charge in [0.2, 0.25) is 0 Å². The Hall–Kier alpha value is 0.480. The Morgan fingerprint density at radius 2 is 0.952 bits per heavy atom. The second kappa shape index (κ2) is 8.94. The molecule has 0 aromatic heterocycles. The van der Waals surface area contributed by atoms with E-state index in [-0.39, 0.29) is 21.1 Å². The Morgan fingerprint density at radius 3 is 1.19 bits per heavy atom. The van der Waals surface area contributed by atoms with Gasteiger partial charge in [0.15, 0.2) is 0 Å². The van der Waals surface area contributed by atoms with Gasteiger partial charge in [0.1, 0.15) is 0 Å². The molecule has 120 valence electrons. The average Bonchev–Trinajstić information content (AvgIpc) is 2.31. The fourth-order valence-corrected chi connectivity index (χ4v) is 4.44. The van der Waals surface area contributed by atoms with E-state index in [0.29, 0.717) is 0 Å². The van der Waals surface area contributed by atoms with Gasteiger partial charge in [0, 0.05) is 9.49 Å². The van der Waals surface area contributed by atoms with Crippen molar-refractivity contribution in [1.29, 1.82) is 0 Å². The zero-order chi connectivity index (χ0) is 16.8. The Kier molecular flexibility index (Phi) is 9.15. The molecule has 3 heteroatoms. The molecule has 0 amide bonds. The minimum atomic E-state index is 0.0633. The molecule has 21 heavy (non-hydrogen) atoms. The molecule has 0 aliphatic heterocycles. The van der Waals surface area contributed by atoms with Crippen LogP contribution in [0.1, 0.15) is 81.1 Å². The van der Waals surface area contributed by atoms with E-state index in [2.05, 4.69) is 55.4 Å². The van der Waals surface area contributed by atoms with Gasteiger partial charge in [-0.1, -0.05) is 92.7 Å². The first-order chi connectivity index (χ1) is 9.38. The maximum Gasteiger partial charge on any atom is 0.0718 e. The van der Waals surface area contributed by atoms with Crippen LogP contribution in [0.3, 0.4) is 0 Å². The van der Waals surface area contributed by atoms with Crippen LogP contribution in [0.4, 0.5) is 0 Å². The van der Waals surface area contributed by atoms with Gasteiger partial charge in [-0.3, -0.25) is 0 Å². The van der Waals surface area contributed by atoms with Gasteiger partial charge >= 0.3 is 0 Å². The monoisotopic (exact) mass is 306 g/mol. The average molecular weight is 306 g/mol. The maximum atomic E-state index is 6.47. The van der Waals surface area contributed by atoms with Crippen molar-refractivity contribution in [3.05, 3.63) is 0 Å². The van der Waals surface area contributed by atoms with Gasteiger partial charge < -0.3 is 0 Å². The summed E-state index contributed by atoms with van der Waals surface area (Å²) in [5.41, 5.74) is 0. The SMILES string of the molecule is [B]C(CCC(C)C)C(C)(C)SC(C)(C)C([B])CCC(C)C. The van der Waals surface area contributed by atoms with Crippen LogP contribution in [0.15, 0.2) is 0 Å². The number of hydrogen-bond acceptors (Lipinski definition) is 1. The number of hydrogen-bond donors (Lipinski definition) is 0. The lowest BCUT2D eigenvalue weighted by molar-refractivity contribution is 0.483. The smallest absolute Gasteiger partial charge is 0.0718 e. The summed E-state index contributed by atoms with van der Waals surface area (Å²) in [6, 6.07) is 0. The number of thioether (sulfide) groups is 1. The predicted molar refractivity (Wildman–Crippen MR) is 103 cm³/mol. The van der Waals surface area contributed by atoms with E-state index < -0.39 is 0 Å². The molecule has 0 aromatic carbocycles. The molecule has 2 atom stereocenters. The Balaban J connectivity index is 4.57. The fraction of sp³-hybridized carbons (Fsp3) is 1.00. The van der Waals surface area contributed by atoms with Crippen molar-refractivity contribution in [2.45, 2.75) is 102 Å². The van der Waals surface area contributed by atoms with Crippen LogP contribution in [0.25, 0.3) is 0 Å². The highest BCUT2D eigenvalue weighted by molar-refractivity contribution is 8.02. The first-order valence-electron chi connectivity index (χ1n) is 8.59. The van der Waals surface area contributed by atoms with Crippen LogP contribution in [-0.2, 0) is 0 Å². The minimum Gasteiger partial charge on any atom is -0.150 e. The summed E-state index contributed by atoms with van der Waals surface area (Å²) in [6.45, 7) is 18.2. The highest BCUT2D eigenvalue weighted by Gasteiger charge is 2.36. The van der Waals surface area contributed by atoms with Gasteiger partial charge in [-0.2, -0.15) is 11.8 Å². The molecular weight excluding hydrogens is 270 g/mol. The topological polar surface area (TPSA) is 0 Å². The lowest BCUT2D eigenvalue weighted by atomic mass is 9.73. The first kappa shape index (κ1) is 21.5. The molecule has 0 heterocycles. The van der Waals surface area contributed by atoms with Crippen LogP contribution in [0.2, 0.25) is 11.6 Å². The van der Waals surface area contributed by atoms with Gasteiger partial charge in [-0.15, -0.1) is 0 Å². The van der Waals surface area contributed by atoms with Crippen LogP contribution in [0.5, 0.6) is 0 Å².